The molecule has 2 fully saturated rings. The Morgan fingerprint density at radius 1 is 1.25 bits per heavy atom. The molecule has 0 unspecified atom stereocenters. The highest BCUT2D eigenvalue weighted by Gasteiger charge is 2.37. The lowest BCUT2D eigenvalue weighted by molar-refractivity contribution is -0.141. The van der Waals surface area contributed by atoms with E-state index in [0.29, 0.717) is 11.8 Å². The summed E-state index contributed by atoms with van der Waals surface area (Å²) in [4.78, 5) is 21.2. The first kappa shape index (κ1) is 13.6. The van der Waals surface area contributed by atoms with Crippen LogP contribution in [-0.2, 0) is 4.79 Å². The fraction of sp³-hybridized carbons (Fsp3) is 0.625. The molecule has 0 N–H and O–H groups in total. The van der Waals surface area contributed by atoms with Crippen molar-refractivity contribution in [1.82, 2.24) is 14.8 Å². The number of nitrogens with zero attached hydrogens (tertiary/aromatic N) is 3. The van der Waals surface area contributed by atoms with Gasteiger partial charge in [0, 0.05) is 30.9 Å². The van der Waals surface area contributed by atoms with Gasteiger partial charge in [0.15, 0.2) is 0 Å². The molecule has 0 radical (unpaired) electrons. The van der Waals surface area contributed by atoms with Gasteiger partial charge in [-0.2, -0.15) is 0 Å². The van der Waals surface area contributed by atoms with Crippen LogP contribution >= 0.6 is 0 Å². The summed E-state index contributed by atoms with van der Waals surface area (Å²) in [5, 5.41) is 0. The number of rotatable bonds is 2. The van der Waals surface area contributed by atoms with Gasteiger partial charge in [0.05, 0.1) is 6.04 Å². The van der Waals surface area contributed by atoms with Gasteiger partial charge in [0.1, 0.15) is 0 Å². The van der Waals surface area contributed by atoms with Crippen molar-refractivity contribution in [2.45, 2.75) is 37.6 Å². The first-order valence-corrected chi connectivity index (χ1v) is 7.65. The molecule has 0 aliphatic carbocycles. The number of amides is 1. The molecule has 2 saturated heterocycles. The average Bonchev–Trinajstić information content (AvgIpc) is 2.63. The minimum Gasteiger partial charge on any atom is -0.340 e. The maximum atomic E-state index is 12.6. The third kappa shape index (κ3) is 2.70. The van der Waals surface area contributed by atoms with E-state index < -0.39 is 0 Å². The fourth-order valence-electron chi connectivity index (χ4n) is 3.24. The van der Waals surface area contributed by atoms with Gasteiger partial charge in [-0.1, -0.05) is 18.9 Å². The normalized spacial score (nSPS) is 25.1. The predicted molar refractivity (Wildman–Crippen MR) is 78.4 cm³/mol. The van der Waals surface area contributed by atoms with E-state index in [2.05, 4.69) is 23.0 Å². The SMILES string of the molecule is CN1CCCCC[C@H]1C(=O)N1CC(c2ccccn2)C1. The molecule has 2 aliphatic rings. The lowest BCUT2D eigenvalue weighted by Crippen LogP contribution is -2.55. The Morgan fingerprint density at radius 2 is 2.10 bits per heavy atom. The van der Waals surface area contributed by atoms with Gasteiger partial charge in [-0.05, 0) is 38.6 Å². The summed E-state index contributed by atoms with van der Waals surface area (Å²) in [6, 6.07) is 6.11. The van der Waals surface area contributed by atoms with Crippen LogP contribution in [0.4, 0.5) is 0 Å². The van der Waals surface area contributed by atoms with Gasteiger partial charge in [-0.3, -0.25) is 14.7 Å². The van der Waals surface area contributed by atoms with Crippen molar-refractivity contribution >= 4 is 5.91 Å². The summed E-state index contributed by atoms with van der Waals surface area (Å²) >= 11 is 0. The van der Waals surface area contributed by atoms with Crippen molar-refractivity contribution in [1.29, 1.82) is 0 Å². The lowest BCUT2D eigenvalue weighted by atomic mass is 9.94. The summed E-state index contributed by atoms with van der Waals surface area (Å²) in [6.07, 6.45) is 6.50. The van der Waals surface area contributed by atoms with Crippen molar-refractivity contribution in [2.75, 3.05) is 26.7 Å². The minimum absolute atomic E-state index is 0.0992. The van der Waals surface area contributed by atoms with Gasteiger partial charge in [-0.15, -0.1) is 0 Å². The quantitative estimate of drug-likeness (QED) is 0.825. The van der Waals surface area contributed by atoms with Crippen LogP contribution in [-0.4, -0.2) is 53.4 Å². The van der Waals surface area contributed by atoms with Crippen molar-refractivity contribution in [3.05, 3.63) is 30.1 Å². The predicted octanol–water partition coefficient (Wildman–Crippen LogP) is 1.88. The molecule has 0 aromatic carbocycles. The van der Waals surface area contributed by atoms with Gasteiger partial charge >= 0.3 is 0 Å². The molecule has 20 heavy (non-hydrogen) atoms. The molecule has 0 saturated carbocycles. The summed E-state index contributed by atoms with van der Waals surface area (Å²) in [7, 11) is 2.09. The zero-order chi connectivity index (χ0) is 13.9. The number of hydrogen-bond acceptors (Lipinski definition) is 3. The van der Waals surface area contributed by atoms with E-state index in [1.165, 1.54) is 19.3 Å². The van der Waals surface area contributed by atoms with Crippen LogP contribution in [0.5, 0.6) is 0 Å². The minimum atomic E-state index is 0.0992. The summed E-state index contributed by atoms with van der Waals surface area (Å²) in [5.74, 6) is 0.748. The molecule has 3 heterocycles. The number of pyridine rings is 1. The molecule has 108 valence electrons. The molecule has 2 aliphatic heterocycles. The van der Waals surface area contributed by atoms with Crippen LogP contribution in [0.1, 0.15) is 37.3 Å². The van der Waals surface area contributed by atoms with E-state index in [0.717, 1.165) is 31.7 Å². The zero-order valence-electron chi connectivity index (χ0n) is 12.2. The monoisotopic (exact) mass is 273 g/mol. The Morgan fingerprint density at radius 3 is 2.85 bits per heavy atom. The maximum Gasteiger partial charge on any atom is 0.239 e. The fourth-order valence-corrected chi connectivity index (χ4v) is 3.24. The molecular weight excluding hydrogens is 250 g/mol. The lowest BCUT2D eigenvalue weighted by Gasteiger charge is -2.42. The highest BCUT2D eigenvalue weighted by atomic mass is 16.2. The third-order valence-corrected chi connectivity index (χ3v) is 4.60. The smallest absolute Gasteiger partial charge is 0.239 e. The molecule has 3 rings (SSSR count). The number of carbonyl (C=O) groups excluding carboxylic acids is 1. The second-order valence-corrected chi connectivity index (χ2v) is 6.04. The van der Waals surface area contributed by atoms with E-state index >= 15 is 0 Å². The molecule has 1 amide bonds. The molecule has 0 spiro atoms. The summed E-state index contributed by atoms with van der Waals surface area (Å²) in [5.41, 5.74) is 1.12. The number of likely N-dealkylation sites (tertiary alicyclic amines) is 2. The van der Waals surface area contributed by atoms with E-state index in [9.17, 15) is 4.79 Å². The van der Waals surface area contributed by atoms with Gasteiger partial charge in [-0.25, -0.2) is 0 Å². The molecule has 0 bridgehead atoms. The van der Waals surface area contributed by atoms with Crippen LogP contribution in [0.3, 0.4) is 0 Å². The Labute approximate surface area is 120 Å². The standard InChI is InChI=1S/C16H23N3O/c1-18-10-6-2-3-8-15(18)16(20)19-11-13(12-19)14-7-4-5-9-17-14/h4-5,7,9,13,15H,2-3,6,8,10-12H2,1H3/t15-/m0/s1. The van der Waals surface area contributed by atoms with Crippen LogP contribution in [0.15, 0.2) is 24.4 Å². The largest absolute Gasteiger partial charge is 0.340 e. The summed E-state index contributed by atoms with van der Waals surface area (Å²) < 4.78 is 0. The van der Waals surface area contributed by atoms with Crippen LogP contribution < -0.4 is 0 Å². The molecule has 4 nitrogen and oxygen atoms in total. The van der Waals surface area contributed by atoms with Crippen LogP contribution in [0.25, 0.3) is 0 Å². The molecule has 1 aromatic rings. The number of carbonyl (C=O) groups is 1. The number of likely N-dealkylation sites (N-methyl/N-ethyl adjacent to an activating group) is 1. The second-order valence-electron chi connectivity index (χ2n) is 6.04. The van der Waals surface area contributed by atoms with Crippen molar-refractivity contribution in [3.8, 4) is 0 Å². The van der Waals surface area contributed by atoms with Gasteiger partial charge in [0.2, 0.25) is 5.91 Å². The topological polar surface area (TPSA) is 36.4 Å². The molecule has 1 atom stereocenters. The Hall–Kier alpha value is -1.42. The molecule has 1 aromatic heterocycles. The van der Waals surface area contributed by atoms with Gasteiger partial charge in [0.25, 0.3) is 0 Å². The third-order valence-electron chi connectivity index (χ3n) is 4.60. The molecule has 4 heteroatoms. The first-order valence-electron chi connectivity index (χ1n) is 7.65. The van der Waals surface area contributed by atoms with E-state index in [1.807, 2.05) is 23.2 Å². The van der Waals surface area contributed by atoms with E-state index in [1.54, 1.807) is 0 Å². The average molecular weight is 273 g/mol. The Balaban J connectivity index is 1.57. The van der Waals surface area contributed by atoms with E-state index in [4.69, 9.17) is 0 Å². The van der Waals surface area contributed by atoms with Crippen LogP contribution in [0.2, 0.25) is 0 Å². The number of hydrogen-bond donors (Lipinski definition) is 0. The summed E-state index contributed by atoms with van der Waals surface area (Å²) in [6.45, 7) is 2.72. The zero-order valence-corrected chi connectivity index (χ0v) is 12.2. The Kier molecular flexibility index (Phi) is 4.01. The van der Waals surface area contributed by atoms with E-state index in [-0.39, 0.29) is 6.04 Å². The second kappa shape index (κ2) is 5.92. The van der Waals surface area contributed by atoms with Crippen molar-refractivity contribution in [2.24, 2.45) is 0 Å². The highest BCUT2D eigenvalue weighted by molar-refractivity contribution is 5.82. The highest BCUT2D eigenvalue weighted by Crippen LogP contribution is 2.27. The maximum absolute atomic E-state index is 12.6. The number of aromatic nitrogens is 1. The van der Waals surface area contributed by atoms with Gasteiger partial charge < -0.3 is 4.90 Å². The van der Waals surface area contributed by atoms with Crippen molar-refractivity contribution < 1.29 is 4.79 Å². The molecular formula is C16H23N3O. The first-order chi connectivity index (χ1) is 9.75. The van der Waals surface area contributed by atoms with Crippen molar-refractivity contribution in [3.63, 3.8) is 0 Å². The van der Waals surface area contributed by atoms with Crippen LogP contribution in [0, 0.1) is 0 Å². The Bertz CT molecular complexity index is 456.